The van der Waals surface area contributed by atoms with Crippen molar-refractivity contribution in [3.05, 3.63) is 29.8 Å². The van der Waals surface area contributed by atoms with Crippen LogP contribution in [0, 0.1) is 5.92 Å². The minimum Gasteiger partial charge on any atom is -0.493 e. The predicted octanol–water partition coefficient (Wildman–Crippen LogP) is 3.82. The molecule has 1 fully saturated rings. The Morgan fingerprint density at radius 1 is 1.20 bits per heavy atom. The van der Waals surface area contributed by atoms with Crippen LogP contribution in [0.4, 0.5) is 8.78 Å². The molecule has 0 aliphatic heterocycles. The standard InChI is InChI=1S/C15H18F2O3/c16-15(17,14(18)19)12-6-8-13(9-7-12)20-10-11-4-2-1-3-5-11/h6-9,11H,1-5,10H2,(H,18,19). The maximum Gasteiger partial charge on any atom is 0.379 e. The Morgan fingerprint density at radius 3 is 2.35 bits per heavy atom. The summed E-state index contributed by atoms with van der Waals surface area (Å²) < 4.78 is 32.1. The lowest BCUT2D eigenvalue weighted by atomic mass is 9.90. The molecule has 110 valence electrons. The van der Waals surface area contributed by atoms with Crippen molar-refractivity contribution < 1.29 is 23.4 Å². The first kappa shape index (κ1) is 14.8. The zero-order valence-corrected chi connectivity index (χ0v) is 11.1. The molecule has 0 amide bonds. The van der Waals surface area contributed by atoms with E-state index in [0.29, 0.717) is 18.3 Å². The van der Waals surface area contributed by atoms with Gasteiger partial charge in [0.1, 0.15) is 5.75 Å². The Hall–Kier alpha value is -1.65. The molecule has 3 nitrogen and oxygen atoms in total. The minimum atomic E-state index is -3.86. The maximum atomic E-state index is 13.2. The van der Waals surface area contributed by atoms with Crippen LogP contribution in [0.2, 0.25) is 0 Å². The fraction of sp³-hybridized carbons (Fsp3) is 0.533. The summed E-state index contributed by atoms with van der Waals surface area (Å²) in [6.45, 7) is 0.592. The first-order chi connectivity index (χ1) is 9.50. The van der Waals surface area contributed by atoms with Crippen LogP contribution in [0.5, 0.6) is 5.75 Å². The Morgan fingerprint density at radius 2 is 1.80 bits per heavy atom. The zero-order valence-electron chi connectivity index (χ0n) is 11.1. The molecule has 0 radical (unpaired) electrons. The second-order valence-corrected chi connectivity index (χ2v) is 5.22. The van der Waals surface area contributed by atoms with Crippen LogP contribution in [0.25, 0.3) is 0 Å². The molecule has 0 spiro atoms. The topological polar surface area (TPSA) is 46.5 Å². The molecule has 1 aromatic carbocycles. The highest BCUT2D eigenvalue weighted by Gasteiger charge is 2.40. The molecule has 0 saturated heterocycles. The Bertz CT molecular complexity index is 451. The van der Waals surface area contributed by atoms with Gasteiger partial charge in [0.25, 0.3) is 0 Å². The van der Waals surface area contributed by atoms with Crippen LogP contribution in [0.15, 0.2) is 24.3 Å². The largest absolute Gasteiger partial charge is 0.493 e. The Balaban J connectivity index is 1.93. The second-order valence-electron chi connectivity index (χ2n) is 5.22. The number of carboxylic acids is 1. The Labute approximate surface area is 116 Å². The molecule has 0 aromatic heterocycles. The molecule has 1 N–H and O–H groups in total. The third kappa shape index (κ3) is 3.46. The number of hydrogen-bond donors (Lipinski definition) is 1. The van der Waals surface area contributed by atoms with Crippen molar-refractivity contribution in [3.63, 3.8) is 0 Å². The van der Waals surface area contributed by atoms with Crippen molar-refractivity contribution >= 4 is 5.97 Å². The van der Waals surface area contributed by atoms with E-state index >= 15 is 0 Å². The van der Waals surface area contributed by atoms with Crippen molar-refractivity contribution in [2.45, 2.75) is 38.0 Å². The van der Waals surface area contributed by atoms with Crippen LogP contribution < -0.4 is 4.74 Å². The number of aliphatic carboxylic acids is 1. The summed E-state index contributed by atoms with van der Waals surface area (Å²) in [5.41, 5.74) is -0.532. The van der Waals surface area contributed by atoms with E-state index < -0.39 is 17.5 Å². The van der Waals surface area contributed by atoms with Crippen LogP contribution in [-0.4, -0.2) is 17.7 Å². The molecule has 0 unspecified atom stereocenters. The smallest absolute Gasteiger partial charge is 0.379 e. The van der Waals surface area contributed by atoms with Gasteiger partial charge in [-0.2, -0.15) is 8.78 Å². The van der Waals surface area contributed by atoms with Gasteiger partial charge in [0.15, 0.2) is 0 Å². The molecule has 1 aromatic rings. The van der Waals surface area contributed by atoms with Crippen molar-refractivity contribution in [1.29, 1.82) is 0 Å². The molecule has 0 heterocycles. The SMILES string of the molecule is O=C(O)C(F)(F)c1ccc(OCC2CCCCC2)cc1. The molecule has 1 saturated carbocycles. The van der Waals surface area contributed by atoms with E-state index in [2.05, 4.69) is 0 Å². The predicted molar refractivity (Wildman–Crippen MR) is 70.0 cm³/mol. The van der Waals surface area contributed by atoms with Crippen molar-refractivity contribution in [2.75, 3.05) is 6.61 Å². The summed E-state index contributed by atoms with van der Waals surface area (Å²) >= 11 is 0. The number of alkyl halides is 2. The number of benzene rings is 1. The van der Waals surface area contributed by atoms with Gasteiger partial charge >= 0.3 is 11.9 Å². The lowest BCUT2D eigenvalue weighted by Gasteiger charge is -2.21. The summed E-state index contributed by atoms with van der Waals surface area (Å²) in [5.74, 6) is -4.97. The molecular weight excluding hydrogens is 266 g/mol. The van der Waals surface area contributed by atoms with Crippen LogP contribution in [0.3, 0.4) is 0 Å². The van der Waals surface area contributed by atoms with Gasteiger partial charge in [0, 0.05) is 5.56 Å². The minimum absolute atomic E-state index is 0.500. The molecule has 0 atom stereocenters. The quantitative estimate of drug-likeness (QED) is 0.894. The van der Waals surface area contributed by atoms with Gasteiger partial charge in [0.2, 0.25) is 0 Å². The average Bonchev–Trinajstić information content (AvgIpc) is 2.46. The monoisotopic (exact) mass is 284 g/mol. The van der Waals surface area contributed by atoms with E-state index in [0.717, 1.165) is 25.0 Å². The van der Waals surface area contributed by atoms with Gasteiger partial charge < -0.3 is 9.84 Å². The first-order valence-electron chi connectivity index (χ1n) is 6.84. The fourth-order valence-electron chi connectivity index (χ4n) is 2.45. The summed E-state index contributed by atoms with van der Waals surface area (Å²) in [6, 6.07) is 5.00. The second kappa shape index (κ2) is 6.20. The van der Waals surface area contributed by atoms with E-state index in [1.165, 1.54) is 31.4 Å². The number of ether oxygens (including phenoxy) is 1. The highest BCUT2D eigenvalue weighted by molar-refractivity contribution is 5.77. The van der Waals surface area contributed by atoms with E-state index in [-0.39, 0.29) is 0 Å². The molecule has 2 rings (SSSR count). The molecule has 5 heteroatoms. The number of carbonyl (C=O) groups is 1. The van der Waals surface area contributed by atoms with E-state index in [4.69, 9.17) is 9.84 Å². The summed E-state index contributed by atoms with van der Waals surface area (Å²) in [7, 11) is 0. The van der Waals surface area contributed by atoms with Gasteiger partial charge in [-0.15, -0.1) is 0 Å². The van der Waals surface area contributed by atoms with Crippen molar-refractivity contribution in [1.82, 2.24) is 0 Å². The van der Waals surface area contributed by atoms with Gasteiger partial charge in [-0.25, -0.2) is 4.79 Å². The normalized spacial score (nSPS) is 16.9. The third-order valence-corrected chi connectivity index (χ3v) is 3.70. The number of rotatable bonds is 5. The van der Waals surface area contributed by atoms with Gasteiger partial charge in [-0.3, -0.25) is 0 Å². The highest BCUT2D eigenvalue weighted by Crippen LogP contribution is 2.30. The van der Waals surface area contributed by atoms with Gasteiger partial charge in [-0.1, -0.05) is 19.3 Å². The number of carboxylic acid groups (broad SMARTS) is 1. The fourth-order valence-corrected chi connectivity index (χ4v) is 2.45. The Kier molecular flexibility index (Phi) is 4.57. The lowest BCUT2D eigenvalue weighted by molar-refractivity contribution is -0.166. The third-order valence-electron chi connectivity index (χ3n) is 3.70. The maximum absolute atomic E-state index is 13.2. The highest BCUT2D eigenvalue weighted by atomic mass is 19.3. The van der Waals surface area contributed by atoms with Crippen LogP contribution in [-0.2, 0) is 10.7 Å². The lowest BCUT2D eigenvalue weighted by Crippen LogP contribution is -2.25. The van der Waals surface area contributed by atoms with Gasteiger partial charge in [-0.05, 0) is 43.0 Å². The molecular formula is C15H18F2O3. The number of halogens is 2. The summed E-state index contributed by atoms with van der Waals surface area (Å²) in [4.78, 5) is 10.5. The van der Waals surface area contributed by atoms with E-state index in [9.17, 15) is 13.6 Å². The van der Waals surface area contributed by atoms with Crippen LogP contribution >= 0.6 is 0 Å². The average molecular weight is 284 g/mol. The van der Waals surface area contributed by atoms with Crippen molar-refractivity contribution in [3.8, 4) is 5.75 Å². The number of hydrogen-bond acceptors (Lipinski definition) is 2. The van der Waals surface area contributed by atoms with E-state index in [1.807, 2.05) is 0 Å². The molecule has 20 heavy (non-hydrogen) atoms. The first-order valence-corrected chi connectivity index (χ1v) is 6.84. The van der Waals surface area contributed by atoms with Crippen molar-refractivity contribution in [2.24, 2.45) is 5.92 Å². The zero-order chi connectivity index (χ0) is 14.6. The van der Waals surface area contributed by atoms with Crippen LogP contribution in [0.1, 0.15) is 37.7 Å². The molecule has 1 aliphatic rings. The summed E-state index contributed by atoms with van der Waals surface area (Å²) in [6.07, 6.45) is 6.01. The van der Waals surface area contributed by atoms with E-state index in [1.54, 1.807) is 0 Å². The molecule has 1 aliphatic carbocycles. The van der Waals surface area contributed by atoms with Gasteiger partial charge in [0.05, 0.1) is 6.61 Å². The molecule has 0 bridgehead atoms. The summed E-state index contributed by atoms with van der Waals surface area (Å²) in [5, 5.41) is 8.46.